The lowest BCUT2D eigenvalue weighted by Crippen LogP contribution is -2.58. The zero-order valence-electron chi connectivity index (χ0n) is 10.3. The average Bonchev–Trinajstić information content (AvgIpc) is 2.15. The summed E-state index contributed by atoms with van der Waals surface area (Å²) >= 11 is 0. The van der Waals surface area contributed by atoms with E-state index in [1.165, 1.54) is 5.19 Å². The van der Waals surface area contributed by atoms with Crippen LogP contribution in [0.4, 0.5) is 0 Å². The van der Waals surface area contributed by atoms with Gasteiger partial charge in [-0.25, -0.2) is 0 Å². The van der Waals surface area contributed by atoms with Crippen molar-refractivity contribution in [3.8, 4) is 0 Å². The Bertz CT molecular complexity index is 335. The third-order valence-corrected chi connectivity index (χ3v) is 7.58. The first-order valence-corrected chi connectivity index (χ1v) is 8.42. The van der Waals surface area contributed by atoms with Crippen molar-refractivity contribution < 1.29 is 9.16 Å². The molecule has 0 bridgehead atoms. The molecule has 0 aliphatic carbocycles. The SMILES string of the molecule is CC(C)O[Si](C)(c1ccccc1)C1COC1. The monoisotopic (exact) mass is 236 g/mol. The van der Waals surface area contributed by atoms with Gasteiger partial charge in [-0.2, -0.15) is 0 Å². The van der Waals surface area contributed by atoms with E-state index in [-0.39, 0.29) is 6.10 Å². The lowest BCUT2D eigenvalue weighted by Gasteiger charge is -2.41. The molecule has 0 aromatic heterocycles. The average molecular weight is 236 g/mol. The molecular weight excluding hydrogens is 216 g/mol. The molecule has 1 unspecified atom stereocenters. The highest BCUT2D eigenvalue weighted by molar-refractivity contribution is 6.87. The van der Waals surface area contributed by atoms with Crippen LogP contribution in [0.2, 0.25) is 12.1 Å². The molecule has 0 N–H and O–H groups in total. The van der Waals surface area contributed by atoms with E-state index in [0.717, 1.165) is 13.2 Å². The summed E-state index contributed by atoms with van der Waals surface area (Å²) < 4.78 is 11.6. The predicted octanol–water partition coefficient (Wildman–Crippen LogP) is 2.29. The minimum absolute atomic E-state index is 0.289. The normalized spacial score (nSPS) is 20.5. The topological polar surface area (TPSA) is 18.5 Å². The Balaban J connectivity index is 2.26. The zero-order valence-corrected chi connectivity index (χ0v) is 11.3. The fourth-order valence-electron chi connectivity index (χ4n) is 2.21. The number of ether oxygens (including phenoxy) is 1. The van der Waals surface area contributed by atoms with Gasteiger partial charge in [-0.05, 0) is 25.6 Å². The molecule has 1 aliphatic rings. The molecule has 1 aliphatic heterocycles. The van der Waals surface area contributed by atoms with Gasteiger partial charge < -0.3 is 9.16 Å². The Kier molecular flexibility index (Phi) is 3.47. The maximum absolute atomic E-state index is 6.29. The van der Waals surface area contributed by atoms with Gasteiger partial charge in [0.1, 0.15) is 0 Å². The van der Waals surface area contributed by atoms with Gasteiger partial charge in [-0.1, -0.05) is 30.3 Å². The predicted molar refractivity (Wildman–Crippen MR) is 68.5 cm³/mol. The molecule has 2 rings (SSSR count). The number of hydrogen-bond acceptors (Lipinski definition) is 2. The van der Waals surface area contributed by atoms with Gasteiger partial charge in [0.15, 0.2) is 0 Å². The van der Waals surface area contributed by atoms with E-state index in [0.29, 0.717) is 5.54 Å². The fraction of sp³-hybridized carbons (Fsp3) is 0.538. The maximum atomic E-state index is 6.29. The van der Waals surface area contributed by atoms with E-state index in [9.17, 15) is 0 Å². The largest absolute Gasteiger partial charge is 0.410 e. The van der Waals surface area contributed by atoms with Crippen molar-refractivity contribution in [3.63, 3.8) is 0 Å². The summed E-state index contributed by atoms with van der Waals surface area (Å²) in [5.41, 5.74) is 0.609. The molecule has 0 amide bonds. The van der Waals surface area contributed by atoms with Crippen molar-refractivity contribution in [2.75, 3.05) is 13.2 Å². The summed E-state index contributed by atoms with van der Waals surface area (Å²) in [6, 6.07) is 10.7. The minimum atomic E-state index is -1.83. The van der Waals surface area contributed by atoms with Crippen LogP contribution >= 0.6 is 0 Å². The lowest BCUT2D eigenvalue weighted by atomic mass is 10.4. The van der Waals surface area contributed by atoms with Crippen LogP contribution in [-0.4, -0.2) is 27.6 Å². The number of benzene rings is 1. The smallest absolute Gasteiger partial charge is 0.229 e. The molecule has 0 saturated carbocycles. The summed E-state index contributed by atoms with van der Waals surface area (Å²) in [7, 11) is -1.83. The standard InChI is InChI=1S/C13H20O2Si/c1-11(2)15-16(3,13-9-14-10-13)12-7-5-4-6-8-12/h4-8,11,13H,9-10H2,1-3H3. The third kappa shape index (κ3) is 2.21. The Morgan fingerprint density at radius 1 is 1.25 bits per heavy atom. The van der Waals surface area contributed by atoms with Gasteiger partial charge in [0.25, 0.3) is 0 Å². The van der Waals surface area contributed by atoms with Crippen LogP contribution in [0, 0.1) is 0 Å². The van der Waals surface area contributed by atoms with Crippen molar-refractivity contribution in [3.05, 3.63) is 30.3 Å². The minimum Gasteiger partial charge on any atom is -0.410 e. The molecule has 3 heteroatoms. The molecule has 16 heavy (non-hydrogen) atoms. The first-order valence-electron chi connectivity index (χ1n) is 5.94. The summed E-state index contributed by atoms with van der Waals surface area (Å²) in [6.07, 6.45) is 0.289. The second kappa shape index (κ2) is 4.70. The van der Waals surface area contributed by atoms with E-state index < -0.39 is 8.32 Å². The van der Waals surface area contributed by atoms with E-state index in [1.54, 1.807) is 0 Å². The lowest BCUT2D eigenvalue weighted by molar-refractivity contribution is 0.0236. The third-order valence-electron chi connectivity index (χ3n) is 3.24. The van der Waals surface area contributed by atoms with Gasteiger partial charge in [0, 0.05) is 11.6 Å². The van der Waals surface area contributed by atoms with E-state index in [2.05, 4.69) is 50.7 Å². The molecule has 2 nitrogen and oxygen atoms in total. The van der Waals surface area contributed by atoms with E-state index in [4.69, 9.17) is 9.16 Å². The van der Waals surface area contributed by atoms with Gasteiger partial charge in [-0.15, -0.1) is 0 Å². The van der Waals surface area contributed by atoms with Crippen LogP contribution in [0.25, 0.3) is 0 Å². The molecule has 1 heterocycles. The number of rotatable bonds is 4. The quantitative estimate of drug-likeness (QED) is 0.747. The Labute approximate surface area is 98.7 Å². The Morgan fingerprint density at radius 2 is 1.88 bits per heavy atom. The van der Waals surface area contributed by atoms with Gasteiger partial charge in [0.2, 0.25) is 8.32 Å². The van der Waals surface area contributed by atoms with Crippen molar-refractivity contribution >= 4 is 13.5 Å². The highest BCUT2D eigenvalue weighted by atomic mass is 28.4. The molecule has 88 valence electrons. The molecule has 1 atom stereocenters. The van der Waals surface area contributed by atoms with Crippen LogP contribution < -0.4 is 5.19 Å². The molecule has 0 spiro atoms. The molecule has 1 aromatic rings. The molecule has 1 aromatic carbocycles. The molecule has 0 radical (unpaired) electrons. The Hall–Kier alpha value is -0.643. The van der Waals surface area contributed by atoms with E-state index in [1.807, 2.05) is 0 Å². The second-order valence-electron chi connectivity index (χ2n) is 4.87. The second-order valence-corrected chi connectivity index (χ2v) is 8.72. The molecule has 1 saturated heterocycles. The van der Waals surface area contributed by atoms with Crippen LogP contribution in [0.5, 0.6) is 0 Å². The number of hydrogen-bond donors (Lipinski definition) is 0. The summed E-state index contributed by atoms with van der Waals surface area (Å²) in [6.45, 7) is 8.28. The van der Waals surface area contributed by atoms with Crippen molar-refractivity contribution in [1.29, 1.82) is 0 Å². The zero-order chi connectivity index (χ0) is 11.6. The van der Waals surface area contributed by atoms with Crippen LogP contribution in [-0.2, 0) is 9.16 Å². The first-order chi connectivity index (χ1) is 7.63. The van der Waals surface area contributed by atoms with Gasteiger partial charge in [-0.3, -0.25) is 0 Å². The van der Waals surface area contributed by atoms with Gasteiger partial charge >= 0.3 is 0 Å². The fourth-order valence-corrected chi connectivity index (χ4v) is 5.72. The summed E-state index contributed by atoms with van der Waals surface area (Å²) in [5, 5.41) is 1.39. The van der Waals surface area contributed by atoms with E-state index >= 15 is 0 Å². The van der Waals surface area contributed by atoms with Crippen LogP contribution in [0.3, 0.4) is 0 Å². The van der Waals surface area contributed by atoms with Crippen LogP contribution in [0.1, 0.15) is 13.8 Å². The first kappa shape index (κ1) is 11.8. The molecule has 1 fully saturated rings. The highest BCUT2D eigenvalue weighted by Crippen LogP contribution is 2.31. The maximum Gasteiger partial charge on any atom is 0.229 e. The van der Waals surface area contributed by atoms with Crippen molar-refractivity contribution in [1.82, 2.24) is 0 Å². The summed E-state index contributed by atoms with van der Waals surface area (Å²) in [4.78, 5) is 0. The summed E-state index contributed by atoms with van der Waals surface area (Å²) in [5.74, 6) is 0. The Morgan fingerprint density at radius 3 is 2.31 bits per heavy atom. The highest BCUT2D eigenvalue weighted by Gasteiger charge is 2.45. The van der Waals surface area contributed by atoms with Crippen molar-refractivity contribution in [2.45, 2.75) is 32.0 Å². The molecular formula is C13H20O2Si. The van der Waals surface area contributed by atoms with Gasteiger partial charge in [0.05, 0.1) is 13.2 Å². The van der Waals surface area contributed by atoms with Crippen LogP contribution in [0.15, 0.2) is 30.3 Å². The van der Waals surface area contributed by atoms with Crippen molar-refractivity contribution in [2.24, 2.45) is 0 Å².